The summed E-state index contributed by atoms with van der Waals surface area (Å²) in [5.41, 5.74) is 0.787. The summed E-state index contributed by atoms with van der Waals surface area (Å²) in [5.74, 6) is -1.52. The Bertz CT molecular complexity index is 703. The van der Waals surface area contributed by atoms with Crippen LogP contribution in [0.1, 0.15) is 36.5 Å². The minimum atomic E-state index is -1.04. The Morgan fingerprint density at radius 3 is 2.86 bits per heavy atom. The molecule has 116 valence electrons. The molecule has 0 aliphatic rings. The van der Waals surface area contributed by atoms with Crippen LogP contribution >= 0.6 is 11.6 Å². The molecule has 1 aromatic carbocycles. The average Bonchev–Trinajstić information content (AvgIpc) is 2.49. The number of carboxylic acids is 1. The van der Waals surface area contributed by atoms with E-state index >= 15 is 0 Å². The zero-order valence-corrected chi connectivity index (χ0v) is 12.9. The van der Waals surface area contributed by atoms with Crippen molar-refractivity contribution < 1.29 is 14.7 Å². The largest absolute Gasteiger partial charge is 0.480 e. The minimum absolute atomic E-state index is 0.283. The number of hydrogen-bond acceptors (Lipinski definition) is 3. The molecule has 1 unspecified atom stereocenters. The fourth-order valence-electron chi connectivity index (χ4n) is 2.23. The third kappa shape index (κ3) is 3.74. The van der Waals surface area contributed by atoms with E-state index in [4.69, 9.17) is 11.6 Å². The van der Waals surface area contributed by atoms with E-state index in [2.05, 4.69) is 10.3 Å². The number of aromatic nitrogens is 1. The van der Waals surface area contributed by atoms with Gasteiger partial charge in [0.15, 0.2) is 0 Å². The number of carbonyl (C=O) groups excluding carboxylic acids is 1. The van der Waals surface area contributed by atoms with Gasteiger partial charge < -0.3 is 10.4 Å². The van der Waals surface area contributed by atoms with Crippen molar-refractivity contribution in [3.8, 4) is 0 Å². The molecule has 0 aliphatic heterocycles. The molecule has 1 amide bonds. The number of carboxylic acid groups (broad SMARTS) is 1. The molecule has 6 heteroatoms. The van der Waals surface area contributed by atoms with Gasteiger partial charge in [-0.1, -0.05) is 37.4 Å². The molecular formula is C16H17ClN2O3. The first-order chi connectivity index (χ1) is 10.5. The van der Waals surface area contributed by atoms with Crippen molar-refractivity contribution >= 4 is 34.4 Å². The van der Waals surface area contributed by atoms with Gasteiger partial charge in [-0.15, -0.1) is 0 Å². The second-order valence-corrected chi connectivity index (χ2v) is 5.47. The van der Waals surface area contributed by atoms with Gasteiger partial charge in [0.1, 0.15) is 6.04 Å². The summed E-state index contributed by atoms with van der Waals surface area (Å²) in [6.45, 7) is 1.97. The van der Waals surface area contributed by atoms with Gasteiger partial charge in [0, 0.05) is 16.6 Å². The summed E-state index contributed by atoms with van der Waals surface area (Å²) in [4.78, 5) is 27.9. The fraction of sp³-hybridized carbons (Fsp3) is 0.312. The first-order valence-corrected chi connectivity index (χ1v) is 7.48. The number of unbranched alkanes of at least 4 members (excludes halogenated alkanes) is 1. The Morgan fingerprint density at radius 2 is 2.18 bits per heavy atom. The minimum Gasteiger partial charge on any atom is -0.480 e. The summed E-state index contributed by atoms with van der Waals surface area (Å²) in [5, 5.41) is 12.9. The van der Waals surface area contributed by atoms with Crippen LogP contribution in [0.25, 0.3) is 10.9 Å². The lowest BCUT2D eigenvalue weighted by molar-refractivity contribution is -0.139. The van der Waals surface area contributed by atoms with Gasteiger partial charge in [-0.25, -0.2) is 4.79 Å². The van der Waals surface area contributed by atoms with Crippen molar-refractivity contribution in [3.63, 3.8) is 0 Å². The summed E-state index contributed by atoms with van der Waals surface area (Å²) >= 11 is 6.03. The van der Waals surface area contributed by atoms with Crippen LogP contribution in [0.3, 0.4) is 0 Å². The van der Waals surface area contributed by atoms with Gasteiger partial charge in [0.25, 0.3) is 5.91 Å². The third-order valence-electron chi connectivity index (χ3n) is 3.36. The number of rotatable bonds is 6. The van der Waals surface area contributed by atoms with Crippen LogP contribution < -0.4 is 5.32 Å². The van der Waals surface area contributed by atoms with Gasteiger partial charge in [0.2, 0.25) is 0 Å². The van der Waals surface area contributed by atoms with Crippen LogP contribution in [0.4, 0.5) is 0 Å². The highest BCUT2D eigenvalue weighted by molar-refractivity contribution is 6.32. The van der Waals surface area contributed by atoms with E-state index in [-0.39, 0.29) is 5.56 Å². The Balaban J connectivity index is 2.30. The summed E-state index contributed by atoms with van der Waals surface area (Å²) in [7, 11) is 0. The second-order valence-electron chi connectivity index (χ2n) is 5.03. The molecule has 0 bridgehead atoms. The molecule has 22 heavy (non-hydrogen) atoms. The maximum atomic E-state index is 12.4. The number of aliphatic carboxylic acids is 1. The van der Waals surface area contributed by atoms with Crippen LogP contribution in [0.5, 0.6) is 0 Å². The standard InChI is InChI=1S/C16H17ClN2O3/c1-2-3-6-13(16(21)22)19-15(20)12-9-11(17)8-10-5-4-7-18-14(10)12/h4-5,7-9,13H,2-3,6H2,1H3,(H,19,20)(H,21,22). The number of nitrogens with zero attached hydrogens (tertiary/aromatic N) is 1. The molecule has 1 heterocycles. The molecule has 5 nitrogen and oxygen atoms in total. The number of amides is 1. The zero-order chi connectivity index (χ0) is 16.1. The monoisotopic (exact) mass is 320 g/mol. The lowest BCUT2D eigenvalue weighted by atomic mass is 10.1. The SMILES string of the molecule is CCCCC(NC(=O)c1cc(Cl)cc2cccnc12)C(=O)O. The Morgan fingerprint density at radius 1 is 1.41 bits per heavy atom. The van der Waals surface area contributed by atoms with Crippen molar-refractivity contribution in [2.45, 2.75) is 32.2 Å². The molecule has 2 N–H and O–H groups in total. The van der Waals surface area contributed by atoms with E-state index in [1.165, 1.54) is 6.07 Å². The van der Waals surface area contributed by atoms with Gasteiger partial charge >= 0.3 is 5.97 Å². The van der Waals surface area contributed by atoms with E-state index < -0.39 is 17.9 Å². The first-order valence-electron chi connectivity index (χ1n) is 7.11. The highest BCUT2D eigenvalue weighted by atomic mass is 35.5. The highest BCUT2D eigenvalue weighted by Gasteiger charge is 2.21. The normalized spacial score (nSPS) is 12.1. The van der Waals surface area contributed by atoms with Gasteiger partial charge in [-0.3, -0.25) is 9.78 Å². The molecule has 0 fully saturated rings. The van der Waals surface area contributed by atoms with E-state index in [0.29, 0.717) is 17.0 Å². The molecule has 1 atom stereocenters. The molecule has 0 saturated carbocycles. The maximum Gasteiger partial charge on any atom is 0.326 e. The number of halogens is 1. The number of pyridine rings is 1. The summed E-state index contributed by atoms with van der Waals surface area (Å²) in [6, 6.07) is 5.86. The van der Waals surface area contributed by atoms with Gasteiger partial charge in [-0.05, 0) is 24.6 Å². The Kier molecular flexibility index (Phi) is 5.33. The molecule has 0 radical (unpaired) electrons. The van der Waals surface area contributed by atoms with Gasteiger partial charge in [0.05, 0.1) is 11.1 Å². The molecule has 0 saturated heterocycles. The average molecular weight is 321 g/mol. The number of hydrogen-bond donors (Lipinski definition) is 2. The van der Waals surface area contributed by atoms with E-state index in [9.17, 15) is 14.7 Å². The van der Waals surface area contributed by atoms with Crippen LogP contribution in [0, 0.1) is 0 Å². The third-order valence-corrected chi connectivity index (χ3v) is 3.58. The Hall–Kier alpha value is -2.14. The summed E-state index contributed by atoms with van der Waals surface area (Å²) < 4.78 is 0. The molecular weight excluding hydrogens is 304 g/mol. The number of benzene rings is 1. The topological polar surface area (TPSA) is 79.3 Å². The van der Waals surface area contributed by atoms with Crippen molar-refractivity contribution in [1.29, 1.82) is 0 Å². The predicted octanol–water partition coefficient (Wildman–Crippen LogP) is 3.26. The maximum absolute atomic E-state index is 12.4. The number of carbonyl (C=O) groups is 2. The number of fused-ring (bicyclic) bond motifs is 1. The number of nitrogens with one attached hydrogen (secondary N) is 1. The molecule has 1 aromatic heterocycles. The molecule has 0 aliphatic carbocycles. The smallest absolute Gasteiger partial charge is 0.326 e. The zero-order valence-electron chi connectivity index (χ0n) is 12.2. The van der Waals surface area contributed by atoms with Crippen LogP contribution in [-0.4, -0.2) is 28.0 Å². The first kappa shape index (κ1) is 16.2. The van der Waals surface area contributed by atoms with E-state index in [0.717, 1.165) is 18.2 Å². The van der Waals surface area contributed by atoms with E-state index in [1.807, 2.05) is 6.92 Å². The predicted molar refractivity (Wildman–Crippen MR) is 85.2 cm³/mol. The quantitative estimate of drug-likeness (QED) is 0.856. The second kappa shape index (κ2) is 7.22. The molecule has 0 spiro atoms. The summed E-state index contributed by atoms with van der Waals surface area (Å²) in [6.07, 6.45) is 3.56. The van der Waals surface area contributed by atoms with Crippen molar-refractivity contribution in [3.05, 3.63) is 41.0 Å². The van der Waals surface area contributed by atoms with E-state index in [1.54, 1.807) is 24.4 Å². The highest BCUT2D eigenvalue weighted by Crippen LogP contribution is 2.22. The van der Waals surface area contributed by atoms with Crippen LogP contribution in [0.2, 0.25) is 5.02 Å². The van der Waals surface area contributed by atoms with Gasteiger partial charge in [-0.2, -0.15) is 0 Å². The van der Waals surface area contributed by atoms with Crippen molar-refractivity contribution in [2.75, 3.05) is 0 Å². The Labute approximate surface area is 133 Å². The van der Waals surface area contributed by atoms with Crippen LogP contribution in [0.15, 0.2) is 30.5 Å². The molecule has 2 rings (SSSR count). The van der Waals surface area contributed by atoms with Crippen molar-refractivity contribution in [2.24, 2.45) is 0 Å². The van der Waals surface area contributed by atoms with Crippen LogP contribution in [-0.2, 0) is 4.79 Å². The fourth-order valence-corrected chi connectivity index (χ4v) is 2.46. The lowest BCUT2D eigenvalue weighted by Gasteiger charge is -2.15. The lowest BCUT2D eigenvalue weighted by Crippen LogP contribution is -2.40. The van der Waals surface area contributed by atoms with Crippen molar-refractivity contribution in [1.82, 2.24) is 10.3 Å². The molecule has 2 aromatic rings.